The lowest BCUT2D eigenvalue weighted by Crippen LogP contribution is -2.09. The first-order valence-corrected chi connectivity index (χ1v) is 4.78. The molecule has 1 unspecified atom stereocenters. The van der Waals surface area contributed by atoms with E-state index in [1.165, 1.54) is 7.11 Å². The van der Waals surface area contributed by atoms with Crippen molar-refractivity contribution in [2.45, 2.75) is 13.0 Å². The van der Waals surface area contributed by atoms with Crippen LogP contribution in [0.15, 0.2) is 10.5 Å². The third-order valence-corrected chi connectivity index (χ3v) is 2.67. The van der Waals surface area contributed by atoms with Gasteiger partial charge >= 0.3 is 0 Å². The molecule has 0 aromatic heterocycles. The van der Waals surface area contributed by atoms with Crippen molar-refractivity contribution in [3.8, 4) is 11.5 Å². The highest BCUT2D eigenvalue weighted by Crippen LogP contribution is 2.40. The molecular formula is C9H11BrFNO2. The second-order valence-corrected chi connectivity index (χ2v) is 3.72. The van der Waals surface area contributed by atoms with Crippen LogP contribution in [0.3, 0.4) is 0 Å². The van der Waals surface area contributed by atoms with E-state index in [9.17, 15) is 9.50 Å². The van der Waals surface area contributed by atoms with Gasteiger partial charge in [-0.15, -0.1) is 0 Å². The predicted molar refractivity (Wildman–Crippen MR) is 54.9 cm³/mol. The minimum Gasteiger partial charge on any atom is -0.503 e. The highest BCUT2D eigenvalue weighted by molar-refractivity contribution is 9.10. The largest absolute Gasteiger partial charge is 0.503 e. The molecule has 78 valence electrons. The Bertz CT molecular complexity index is 355. The molecule has 0 radical (unpaired) electrons. The lowest BCUT2D eigenvalue weighted by molar-refractivity contribution is 0.367. The predicted octanol–water partition coefficient (Wildman–Crippen LogP) is 2.32. The first-order chi connectivity index (χ1) is 6.49. The van der Waals surface area contributed by atoms with Gasteiger partial charge in [-0.2, -0.15) is 0 Å². The van der Waals surface area contributed by atoms with Gasteiger partial charge in [-0.05, 0) is 22.9 Å². The molecule has 0 amide bonds. The van der Waals surface area contributed by atoms with Gasteiger partial charge in [-0.1, -0.05) is 0 Å². The molecule has 0 aliphatic rings. The zero-order valence-electron chi connectivity index (χ0n) is 7.84. The number of benzene rings is 1. The van der Waals surface area contributed by atoms with Crippen LogP contribution >= 0.6 is 15.9 Å². The van der Waals surface area contributed by atoms with Crippen LogP contribution in [0.1, 0.15) is 18.5 Å². The van der Waals surface area contributed by atoms with Crippen LogP contribution in [0.5, 0.6) is 11.5 Å². The van der Waals surface area contributed by atoms with E-state index < -0.39 is 11.9 Å². The van der Waals surface area contributed by atoms with Crippen molar-refractivity contribution in [2.24, 2.45) is 5.73 Å². The SMILES string of the molecule is COc1cc(F)c(C(C)N)c(Br)c1O. The average Bonchev–Trinajstić information content (AvgIpc) is 2.10. The molecule has 0 saturated carbocycles. The van der Waals surface area contributed by atoms with Gasteiger partial charge in [0, 0.05) is 17.7 Å². The Hall–Kier alpha value is -0.810. The van der Waals surface area contributed by atoms with Crippen molar-refractivity contribution in [1.82, 2.24) is 0 Å². The summed E-state index contributed by atoms with van der Waals surface area (Å²) in [6.45, 7) is 1.63. The fourth-order valence-corrected chi connectivity index (χ4v) is 1.92. The Kier molecular flexibility index (Phi) is 3.34. The average molecular weight is 264 g/mol. The molecule has 1 atom stereocenters. The summed E-state index contributed by atoms with van der Waals surface area (Å²) in [6, 6.07) is 0.611. The van der Waals surface area contributed by atoms with E-state index in [4.69, 9.17) is 10.5 Å². The van der Waals surface area contributed by atoms with Gasteiger partial charge in [-0.25, -0.2) is 4.39 Å². The Labute approximate surface area is 89.8 Å². The summed E-state index contributed by atoms with van der Waals surface area (Å²) < 4.78 is 18.4. The first kappa shape index (κ1) is 11.3. The summed E-state index contributed by atoms with van der Waals surface area (Å²) in [5, 5.41) is 9.56. The number of phenolic OH excluding ortho intramolecular Hbond substituents is 1. The molecule has 1 aromatic carbocycles. The van der Waals surface area contributed by atoms with E-state index >= 15 is 0 Å². The molecule has 3 N–H and O–H groups in total. The number of methoxy groups -OCH3 is 1. The van der Waals surface area contributed by atoms with Crippen LogP contribution in [0.2, 0.25) is 0 Å². The molecule has 3 nitrogen and oxygen atoms in total. The molecule has 0 saturated heterocycles. The van der Waals surface area contributed by atoms with Gasteiger partial charge in [0.25, 0.3) is 0 Å². The molecule has 0 aliphatic heterocycles. The van der Waals surface area contributed by atoms with Crippen LogP contribution < -0.4 is 10.5 Å². The molecule has 14 heavy (non-hydrogen) atoms. The van der Waals surface area contributed by atoms with Gasteiger partial charge in [0.2, 0.25) is 0 Å². The lowest BCUT2D eigenvalue weighted by atomic mass is 10.1. The van der Waals surface area contributed by atoms with E-state index in [2.05, 4.69) is 15.9 Å². The van der Waals surface area contributed by atoms with Gasteiger partial charge < -0.3 is 15.6 Å². The summed E-state index contributed by atoms with van der Waals surface area (Å²) in [5.41, 5.74) is 5.79. The Morgan fingerprint density at radius 3 is 2.64 bits per heavy atom. The van der Waals surface area contributed by atoms with E-state index in [-0.39, 0.29) is 21.5 Å². The quantitative estimate of drug-likeness (QED) is 0.861. The van der Waals surface area contributed by atoms with E-state index in [0.29, 0.717) is 0 Å². The monoisotopic (exact) mass is 263 g/mol. The lowest BCUT2D eigenvalue weighted by Gasteiger charge is -2.13. The molecule has 0 bridgehead atoms. The molecule has 5 heteroatoms. The zero-order chi connectivity index (χ0) is 10.9. The number of nitrogens with two attached hydrogens (primary N) is 1. The van der Waals surface area contributed by atoms with Crippen molar-refractivity contribution in [3.63, 3.8) is 0 Å². The molecule has 0 aliphatic carbocycles. The Balaban J connectivity index is 3.41. The Morgan fingerprint density at radius 1 is 1.64 bits per heavy atom. The number of phenols is 1. The van der Waals surface area contributed by atoms with Gasteiger partial charge in [0.1, 0.15) is 5.82 Å². The van der Waals surface area contributed by atoms with Gasteiger partial charge in [-0.3, -0.25) is 0 Å². The molecule has 0 spiro atoms. The van der Waals surface area contributed by atoms with Crippen LogP contribution in [0, 0.1) is 5.82 Å². The van der Waals surface area contributed by atoms with Gasteiger partial charge in [0.05, 0.1) is 11.6 Å². The van der Waals surface area contributed by atoms with Crippen molar-refractivity contribution in [3.05, 3.63) is 21.9 Å². The van der Waals surface area contributed by atoms with Crippen LogP contribution in [0.4, 0.5) is 4.39 Å². The highest BCUT2D eigenvalue weighted by atomic mass is 79.9. The van der Waals surface area contributed by atoms with Crippen LogP contribution in [-0.2, 0) is 0 Å². The zero-order valence-corrected chi connectivity index (χ0v) is 9.43. The number of ether oxygens (including phenoxy) is 1. The first-order valence-electron chi connectivity index (χ1n) is 3.99. The van der Waals surface area contributed by atoms with E-state index in [1.807, 2.05) is 0 Å². The summed E-state index contributed by atoms with van der Waals surface area (Å²) in [5.74, 6) is -0.554. The summed E-state index contributed by atoms with van der Waals surface area (Å²) in [4.78, 5) is 0. The maximum Gasteiger partial charge on any atom is 0.172 e. The number of rotatable bonds is 2. The second kappa shape index (κ2) is 4.14. The van der Waals surface area contributed by atoms with Crippen molar-refractivity contribution in [2.75, 3.05) is 7.11 Å². The normalized spacial score (nSPS) is 12.6. The highest BCUT2D eigenvalue weighted by Gasteiger charge is 2.18. The fraction of sp³-hybridized carbons (Fsp3) is 0.333. The van der Waals surface area contributed by atoms with Crippen molar-refractivity contribution in [1.29, 1.82) is 0 Å². The molecule has 1 aromatic rings. The second-order valence-electron chi connectivity index (χ2n) is 2.93. The van der Waals surface area contributed by atoms with Gasteiger partial charge in [0.15, 0.2) is 11.5 Å². The van der Waals surface area contributed by atoms with Crippen molar-refractivity contribution >= 4 is 15.9 Å². The minimum atomic E-state index is -0.499. The number of aromatic hydroxyl groups is 1. The molecule has 0 fully saturated rings. The molecule has 1 rings (SSSR count). The summed E-state index contributed by atoms with van der Waals surface area (Å²) >= 11 is 3.07. The standard InChI is InChI=1S/C9H11BrFNO2/c1-4(12)7-5(11)3-6(14-2)9(13)8(7)10/h3-4,13H,12H2,1-2H3. The molecular weight excluding hydrogens is 253 g/mol. The maximum absolute atomic E-state index is 13.4. The van der Waals surface area contributed by atoms with E-state index in [0.717, 1.165) is 6.07 Å². The topological polar surface area (TPSA) is 55.5 Å². The van der Waals surface area contributed by atoms with Crippen LogP contribution in [0.25, 0.3) is 0 Å². The minimum absolute atomic E-state index is 0.0822. The number of hydrogen-bond acceptors (Lipinski definition) is 3. The molecule has 0 heterocycles. The fourth-order valence-electron chi connectivity index (χ4n) is 1.17. The number of hydrogen-bond donors (Lipinski definition) is 2. The summed E-state index contributed by atoms with van der Waals surface area (Å²) in [6.07, 6.45) is 0. The third-order valence-electron chi connectivity index (χ3n) is 1.87. The Morgan fingerprint density at radius 2 is 2.21 bits per heavy atom. The maximum atomic E-state index is 13.4. The van der Waals surface area contributed by atoms with Crippen molar-refractivity contribution < 1.29 is 14.2 Å². The third kappa shape index (κ3) is 1.83. The van der Waals surface area contributed by atoms with Crippen LogP contribution in [-0.4, -0.2) is 12.2 Å². The smallest absolute Gasteiger partial charge is 0.172 e. The van der Waals surface area contributed by atoms with E-state index in [1.54, 1.807) is 6.92 Å². The number of halogens is 2. The summed E-state index contributed by atoms with van der Waals surface area (Å²) in [7, 11) is 1.35.